The number of morpholine rings is 1. The largest absolute Gasteiger partial charge is 0.372 e. The van der Waals surface area contributed by atoms with Gasteiger partial charge >= 0.3 is 0 Å². The summed E-state index contributed by atoms with van der Waals surface area (Å²) in [5.41, 5.74) is 0.904. The van der Waals surface area contributed by atoms with Gasteiger partial charge in [0.1, 0.15) is 5.70 Å². The Morgan fingerprint density at radius 2 is 1.57 bits per heavy atom. The van der Waals surface area contributed by atoms with E-state index in [0.717, 1.165) is 17.0 Å². The maximum Gasteiger partial charge on any atom is 0.282 e. The average molecular weight is 433 g/mol. The van der Waals surface area contributed by atoms with Crippen LogP contribution in [0.5, 0.6) is 0 Å². The van der Waals surface area contributed by atoms with E-state index in [2.05, 4.69) is 0 Å². The van der Waals surface area contributed by atoms with Crippen molar-refractivity contribution in [3.8, 4) is 0 Å². The van der Waals surface area contributed by atoms with Crippen molar-refractivity contribution in [2.24, 2.45) is 0 Å². The molecule has 2 aliphatic heterocycles. The minimum absolute atomic E-state index is 0.0280. The Hall–Kier alpha value is -2.77. The van der Waals surface area contributed by atoms with Gasteiger partial charge in [-0.3, -0.25) is 9.59 Å². The highest BCUT2D eigenvalue weighted by molar-refractivity contribution is 6.45. The van der Waals surface area contributed by atoms with Crippen LogP contribution in [0.15, 0.2) is 48.2 Å². The Balaban J connectivity index is 1.84. The molecular weight excluding hydrogens is 414 g/mol. The molecule has 5 nitrogen and oxygen atoms in total. The van der Waals surface area contributed by atoms with Crippen molar-refractivity contribution in [3.63, 3.8) is 0 Å². The SMILES string of the molecule is CC1CN(C2=C(c3ccc(Cl)cc3)C(=O)N(c3ccc(F)c(F)c3)C2=O)CC(C)O1. The molecule has 2 aromatic rings. The number of halogens is 3. The number of benzene rings is 2. The molecule has 2 aliphatic rings. The monoisotopic (exact) mass is 432 g/mol. The fourth-order valence-electron chi connectivity index (χ4n) is 3.91. The molecule has 156 valence electrons. The van der Waals surface area contributed by atoms with Gasteiger partial charge in [0.05, 0.1) is 23.5 Å². The second-order valence-corrected chi connectivity index (χ2v) is 7.87. The van der Waals surface area contributed by atoms with Crippen LogP contribution in [0.25, 0.3) is 5.57 Å². The van der Waals surface area contributed by atoms with Gasteiger partial charge < -0.3 is 9.64 Å². The van der Waals surface area contributed by atoms with Crippen molar-refractivity contribution < 1.29 is 23.1 Å². The number of hydrogen-bond donors (Lipinski definition) is 0. The van der Waals surface area contributed by atoms with E-state index in [1.165, 1.54) is 6.07 Å². The van der Waals surface area contributed by atoms with E-state index in [4.69, 9.17) is 16.3 Å². The third kappa shape index (κ3) is 3.59. The van der Waals surface area contributed by atoms with Gasteiger partial charge in [0.2, 0.25) is 0 Å². The zero-order valence-corrected chi connectivity index (χ0v) is 17.1. The van der Waals surface area contributed by atoms with Crippen LogP contribution in [0.2, 0.25) is 5.02 Å². The number of nitrogens with zero attached hydrogens (tertiary/aromatic N) is 2. The van der Waals surface area contributed by atoms with E-state index >= 15 is 0 Å². The highest BCUT2D eigenvalue weighted by atomic mass is 35.5. The smallest absolute Gasteiger partial charge is 0.282 e. The Morgan fingerprint density at radius 1 is 0.933 bits per heavy atom. The maximum atomic E-state index is 13.8. The molecule has 0 aliphatic carbocycles. The first kappa shape index (κ1) is 20.5. The number of carbonyl (C=O) groups excluding carboxylic acids is 2. The van der Waals surface area contributed by atoms with Crippen molar-refractivity contribution in [1.82, 2.24) is 4.90 Å². The topological polar surface area (TPSA) is 49.9 Å². The van der Waals surface area contributed by atoms with Crippen molar-refractivity contribution in [3.05, 3.63) is 70.4 Å². The Bertz CT molecular complexity index is 1040. The maximum absolute atomic E-state index is 13.8. The van der Waals surface area contributed by atoms with Crippen molar-refractivity contribution in [2.45, 2.75) is 26.1 Å². The minimum atomic E-state index is -1.14. The number of hydrogen-bond acceptors (Lipinski definition) is 4. The number of ether oxygens (including phenoxy) is 1. The number of anilines is 1. The summed E-state index contributed by atoms with van der Waals surface area (Å²) in [6, 6.07) is 9.52. The van der Waals surface area contributed by atoms with Crippen LogP contribution < -0.4 is 4.90 Å². The summed E-state index contributed by atoms with van der Waals surface area (Å²) in [5.74, 6) is -3.38. The molecule has 0 aromatic heterocycles. The van der Waals surface area contributed by atoms with Gasteiger partial charge in [0, 0.05) is 24.2 Å². The van der Waals surface area contributed by atoms with Crippen molar-refractivity contribution in [2.75, 3.05) is 18.0 Å². The van der Waals surface area contributed by atoms with Gasteiger partial charge in [-0.05, 0) is 43.7 Å². The molecule has 4 rings (SSSR count). The average Bonchev–Trinajstić information content (AvgIpc) is 2.94. The molecule has 30 heavy (non-hydrogen) atoms. The first-order valence-corrected chi connectivity index (χ1v) is 9.88. The molecule has 2 aromatic carbocycles. The summed E-state index contributed by atoms with van der Waals surface area (Å²) in [6.07, 6.45) is -0.291. The first-order chi connectivity index (χ1) is 14.3. The summed E-state index contributed by atoms with van der Waals surface area (Å²) in [4.78, 5) is 29.5. The van der Waals surface area contributed by atoms with E-state index in [-0.39, 0.29) is 29.2 Å². The van der Waals surface area contributed by atoms with Crippen LogP contribution in [-0.2, 0) is 14.3 Å². The molecule has 8 heteroatoms. The van der Waals surface area contributed by atoms with E-state index in [9.17, 15) is 18.4 Å². The predicted octanol–water partition coefficient (Wildman–Crippen LogP) is 4.01. The van der Waals surface area contributed by atoms with Crippen LogP contribution in [0, 0.1) is 11.6 Å². The Kier molecular flexibility index (Phi) is 5.34. The number of rotatable bonds is 3. The lowest BCUT2D eigenvalue weighted by Crippen LogP contribution is -2.47. The highest BCUT2D eigenvalue weighted by Gasteiger charge is 2.44. The van der Waals surface area contributed by atoms with Crippen LogP contribution >= 0.6 is 11.6 Å². The number of carbonyl (C=O) groups is 2. The standard InChI is InChI=1S/C22H19ClF2N2O3/c1-12-10-26(11-13(2)30-12)20-19(14-3-5-15(23)6-4-14)21(28)27(22(20)29)16-7-8-17(24)18(25)9-16/h3-9,12-13H,10-11H2,1-2H3. The molecule has 0 bridgehead atoms. The van der Waals surface area contributed by atoms with E-state index in [1.807, 2.05) is 18.7 Å². The molecule has 1 fully saturated rings. The summed E-state index contributed by atoms with van der Waals surface area (Å²) in [5, 5.41) is 0.490. The molecule has 2 atom stereocenters. The summed E-state index contributed by atoms with van der Waals surface area (Å²) in [6.45, 7) is 4.61. The van der Waals surface area contributed by atoms with E-state index < -0.39 is 23.4 Å². The van der Waals surface area contributed by atoms with Gasteiger partial charge in [-0.25, -0.2) is 13.7 Å². The fraction of sp³-hybridized carbons (Fsp3) is 0.273. The second-order valence-electron chi connectivity index (χ2n) is 7.44. The lowest BCUT2D eigenvalue weighted by molar-refractivity contribution is -0.121. The Labute approximate surface area is 177 Å². The third-order valence-corrected chi connectivity index (χ3v) is 5.34. The van der Waals surface area contributed by atoms with Gasteiger partial charge in [0.15, 0.2) is 11.6 Å². The lowest BCUT2D eigenvalue weighted by atomic mass is 10.0. The molecule has 2 heterocycles. The second kappa shape index (κ2) is 7.81. The van der Waals surface area contributed by atoms with Gasteiger partial charge in [0.25, 0.3) is 11.8 Å². The quantitative estimate of drug-likeness (QED) is 0.688. The van der Waals surface area contributed by atoms with Crippen LogP contribution in [-0.4, -0.2) is 42.0 Å². The zero-order chi connectivity index (χ0) is 21.6. The summed E-state index contributed by atoms with van der Waals surface area (Å²) < 4.78 is 33.0. The molecule has 2 unspecified atom stereocenters. The zero-order valence-electron chi connectivity index (χ0n) is 16.4. The molecule has 1 saturated heterocycles. The minimum Gasteiger partial charge on any atom is -0.372 e. The third-order valence-electron chi connectivity index (χ3n) is 5.09. The van der Waals surface area contributed by atoms with Crippen molar-refractivity contribution in [1.29, 1.82) is 0 Å². The molecular formula is C22H19ClF2N2O3. The van der Waals surface area contributed by atoms with Gasteiger partial charge in [-0.1, -0.05) is 23.7 Å². The molecule has 0 N–H and O–H groups in total. The van der Waals surface area contributed by atoms with Crippen LogP contribution in [0.4, 0.5) is 14.5 Å². The van der Waals surface area contributed by atoms with Gasteiger partial charge in [-0.15, -0.1) is 0 Å². The Morgan fingerprint density at radius 3 is 2.17 bits per heavy atom. The van der Waals surface area contributed by atoms with Gasteiger partial charge in [-0.2, -0.15) is 0 Å². The first-order valence-electron chi connectivity index (χ1n) is 9.50. The number of amides is 2. The van der Waals surface area contributed by atoms with E-state index in [1.54, 1.807) is 24.3 Å². The van der Waals surface area contributed by atoms with E-state index in [0.29, 0.717) is 23.7 Å². The lowest BCUT2D eigenvalue weighted by Gasteiger charge is -2.37. The summed E-state index contributed by atoms with van der Waals surface area (Å²) in [7, 11) is 0. The normalized spacial score (nSPS) is 22.3. The fourth-order valence-corrected chi connectivity index (χ4v) is 4.03. The summed E-state index contributed by atoms with van der Waals surface area (Å²) >= 11 is 5.98. The molecule has 0 saturated carbocycles. The molecule has 2 amide bonds. The molecule has 0 radical (unpaired) electrons. The molecule has 0 spiro atoms. The predicted molar refractivity (Wildman–Crippen MR) is 109 cm³/mol. The van der Waals surface area contributed by atoms with Crippen molar-refractivity contribution >= 4 is 34.7 Å². The van der Waals surface area contributed by atoms with Crippen LogP contribution in [0.1, 0.15) is 19.4 Å². The number of imide groups is 1. The highest BCUT2D eigenvalue weighted by Crippen LogP contribution is 2.36. The van der Waals surface area contributed by atoms with Crippen LogP contribution in [0.3, 0.4) is 0 Å².